The lowest BCUT2D eigenvalue weighted by atomic mass is 10.4. The Labute approximate surface area is 99.8 Å². The van der Waals surface area contributed by atoms with Crippen LogP contribution in [-0.2, 0) is 0 Å². The fourth-order valence-electron chi connectivity index (χ4n) is 1.05. The van der Waals surface area contributed by atoms with E-state index in [1.54, 1.807) is 24.3 Å². The van der Waals surface area contributed by atoms with Gasteiger partial charge in [-0.3, -0.25) is 0 Å². The summed E-state index contributed by atoms with van der Waals surface area (Å²) in [7, 11) is 0. The van der Waals surface area contributed by atoms with Crippen LogP contribution >= 0.6 is 23.4 Å². The molecule has 0 unspecified atom stereocenters. The van der Waals surface area contributed by atoms with Crippen molar-refractivity contribution in [1.29, 1.82) is 0 Å². The second-order valence-corrected chi connectivity index (χ2v) is 4.34. The van der Waals surface area contributed by atoms with Gasteiger partial charge in [0.2, 0.25) is 5.69 Å². The summed E-state index contributed by atoms with van der Waals surface area (Å²) in [5.74, 6) is -1.11. The molecule has 0 radical (unpaired) electrons. The maximum atomic E-state index is 10.8. The molecular formula is C9H6ClN3O2S. The Morgan fingerprint density at radius 2 is 2.00 bits per heavy atom. The number of nitrogens with one attached hydrogen (secondary N) is 1. The number of carboxylic acid groups (broad SMARTS) is 1. The highest BCUT2D eigenvalue weighted by atomic mass is 35.5. The lowest BCUT2D eigenvalue weighted by Crippen LogP contribution is -1.98. The molecule has 0 saturated heterocycles. The van der Waals surface area contributed by atoms with E-state index in [2.05, 4.69) is 15.4 Å². The fraction of sp³-hybridized carbons (Fsp3) is 0. The van der Waals surface area contributed by atoms with Crippen LogP contribution < -0.4 is 0 Å². The Morgan fingerprint density at radius 1 is 1.31 bits per heavy atom. The zero-order chi connectivity index (χ0) is 11.5. The van der Waals surface area contributed by atoms with Crippen LogP contribution in [0.25, 0.3) is 0 Å². The van der Waals surface area contributed by atoms with Gasteiger partial charge in [-0.05, 0) is 24.3 Å². The molecule has 5 nitrogen and oxygen atoms in total. The molecule has 2 rings (SSSR count). The number of rotatable bonds is 3. The number of carbonyl (C=O) groups is 1. The Hall–Kier alpha value is -1.53. The Kier molecular flexibility index (Phi) is 3.12. The normalized spacial score (nSPS) is 10.3. The highest BCUT2D eigenvalue weighted by Crippen LogP contribution is 2.28. The smallest absolute Gasteiger partial charge is 0.359 e. The van der Waals surface area contributed by atoms with Crippen molar-refractivity contribution in [2.24, 2.45) is 0 Å². The molecule has 0 aliphatic carbocycles. The van der Waals surface area contributed by atoms with Crippen LogP contribution in [0.4, 0.5) is 0 Å². The largest absolute Gasteiger partial charge is 0.476 e. The summed E-state index contributed by atoms with van der Waals surface area (Å²) in [6, 6.07) is 7.02. The minimum absolute atomic E-state index is 0.0834. The van der Waals surface area contributed by atoms with Crippen LogP contribution in [0.3, 0.4) is 0 Å². The number of hydrogen-bond acceptors (Lipinski definition) is 4. The monoisotopic (exact) mass is 255 g/mol. The standard InChI is InChI=1S/C9H6ClN3O2S/c10-5-1-3-6(4-2-5)16-8-7(9(14)15)11-13-12-8/h1-4H,(H,14,15)(H,11,12,13). The van der Waals surface area contributed by atoms with Gasteiger partial charge in [0, 0.05) is 9.92 Å². The number of carboxylic acids is 1. The summed E-state index contributed by atoms with van der Waals surface area (Å²) in [5, 5.41) is 19.4. The molecule has 0 aliphatic heterocycles. The molecule has 7 heteroatoms. The third kappa shape index (κ3) is 2.34. The Bertz CT molecular complexity index is 512. The first-order valence-electron chi connectivity index (χ1n) is 4.24. The average Bonchev–Trinajstić information content (AvgIpc) is 2.69. The molecule has 2 N–H and O–H groups in total. The molecule has 0 saturated carbocycles. The molecule has 2 aromatic rings. The quantitative estimate of drug-likeness (QED) is 0.880. The van der Waals surface area contributed by atoms with Crippen LogP contribution in [0, 0.1) is 0 Å². The van der Waals surface area contributed by atoms with Gasteiger partial charge < -0.3 is 5.11 Å². The predicted octanol–water partition coefficient (Wildman–Crippen LogP) is 2.31. The van der Waals surface area contributed by atoms with Gasteiger partial charge in [-0.1, -0.05) is 23.4 Å². The van der Waals surface area contributed by atoms with Gasteiger partial charge in [-0.25, -0.2) is 4.79 Å². The minimum Gasteiger partial charge on any atom is -0.476 e. The highest BCUT2D eigenvalue weighted by molar-refractivity contribution is 7.99. The lowest BCUT2D eigenvalue weighted by Gasteiger charge is -1.98. The minimum atomic E-state index is -1.11. The zero-order valence-electron chi connectivity index (χ0n) is 7.85. The lowest BCUT2D eigenvalue weighted by molar-refractivity contribution is 0.0686. The molecule has 0 fully saturated rings. The summed E-state index contributed by atoms with van der Waals surface area (Å²) in [6.07, 6.45) is 0. The number of hydrogen-bond donors (Lipinski definition) is 2. The molecule has 0 amide bonds. The van der Waals surface area contributed by atoms with E-state index in [1.165, 1.54) is 11.8 Å². The molecule has 0 spiro atoms. The van der Waals surface area contributed by atoms with Crippen molar-refractivity contribution in [2.75, 3.05) is 0 Å². The number of aromatic carboxylic acids is 1. The molecule has 0 atom stereocenters. The second kappa shape index (κ2) is 4.54. The van der Waals surface area contributed by atoms with Crippen LogP contribution in [0.1, 0.15) is 10.5 Å². The van der Waals surface area contributed by atoms with Gasteiger partial charge in [0.15, 0.2) is 5.03 Å². The van der Waals surface area contributed by atoms with E-state index in [9.17, 15) is 4.79 Å². The van der Waals surface area contributed by atoms with Crippen molar-refractivity contribution in [3.05, 3.63) is 35.0 Å². The van der Waals surface area contributed by atoms with Crippen LogP contribution in [-0.4, -0.2) is 26.5 Å². The van der Waals surface area contributed by atoms with Gasteiger partial charge in [0.1, 0.15) is 0 Å². The zero-order valence-corrected chi connectivity index (χ0v) is 9.42. The molecule has 1 aromatic heterocycles. The molecule has 0 aliphatic rings. The van der Waals surface area contributed by atoms with Crippen molar-refractivity contribution in [2.45, 2.75) is 9.92 Å². The SMILES string of the molecule is O=C(O)c1n[nH]nc1Sc1ccc(Cl)cc1. The first kappa shape index (κ1) is 11.0. The number of benzene rings is 1. The summed E-state index contributed by atoms with van der Waals surface area (Å²) >= 11 is 6.95. The van der Waals surface area contributed by atoms with E-state index in [1.807, 2.05) is 0 Å². The van der Waals surface area contributed by atoms with Crippen molar-refractivity contribution in [3.63, 3.8) is 0 Å². The van der Waals surface area contributed by atoms with E-state index in [4.69, 9.17) is 16.7 Å². The van der Waals surface area contributed by atoms with E-state index in [-0.39, 0.29) is 5.69 Å². The van der Waals surface area contributed by atoms with Crippen LogP contribution in [0.15, 0.2) is 34.2 Å². The first-order chi connectivity index (χ1) is 7.66. The van der Waals surface area contributed by atoms with Gasteiger partial charge >= 0.3 is 5.97 Å². The number of aromatic nitrogens is 3. The Morgan fingerprint density at radius 3 is 2.62 bits per heavy atom. The van der Waals surface area contributed by atoms with Crippen molar-refractivity contribution < 1.29 is 9.90 Å². The van der Waals surface area contributed by atoms with Gasteiger partial charge in [0.05, 0.1) is 0 Å². The third-order valence-electron chi connectivity index (χ3n) is 1.75. The van der Waals surface area contributed by atoms with Crippen molar-refractivity contribution >= 4 is 29.3 Å². The van der Waals surface area contributed by atoms with Crippen LogP contribution in [0.2, 0.25) is 5.02 Å². The first-order valence-corrected chi connectivity index (χ1v) is 5.44. The topological polar surface area (TPSA) is 78.9 Å². The third-order valence-corrected chi connectivity index (χ3v) is 2.98. The van der Waals surface area contributed by atoms with E-state index >= 15 is 0 Å². The molecular weight excluding hydrogens is 250 g/mol. The predicted molar refractivity (Wildman–Crippen MR) is 58.9 cm³/mol. The van der Waals surface area contributed by atoms with Gasteiger partial charge in [-0.2, -0.15) is 5.21 Å². The molecule has 1 heterocycles. The van der Waals surface area contributed by atoms with Gasteiger partial charge in [-0.15, -0.1) is 10.2 Å². The summed E-state index contributed by atoms with van der Waals surface area (Å²) in [5.41, 5.74) is -0.0834. The van der Waals surface area contributed by atoms with E-state index in [0.717, 1.165) is 4.90 Å². The number of aromatic amines is 1. The number of nitrogens with zero attached hydrogens (tertiary/aromatic N) is 2. The summed E-state index contributed by atoms with van der Waals surface area (Å²) < 4.78 is 0. The molecule has 0 bridgehead atoms. The maximum Gasteiger partial charge on any atom is 0.359 e. The number of H-pyrrole nitrogens is 1. The fourth-order valence-corrected chi connectivity index (χ4v) is 1.98. The Balaban J connectivity index is 2.23. The average molecular weight is 256 g/mol. The van der Waals surface area contributed by atoms with E-state index < -0.39 is 5.97 Å². The summed E-state index contributed by atoms with van der Waals surface area (Å²) in [4.78, 5) is 11.6. The molecule has 82 valence electrons. The van der Waals surface area contributed by atoms with Crippen molar-refractivity contribution in [1.82, 2.24) is 15.4 Å². The highest BCUT2D eigenvalue weighted by Gasteiger charge is 2.15. The maximum absolute atomic E-state index is 10.8. The summed E-state index contributed by atoms with van der Waals surface area (Å²) in [6.45, 7) is 0. The second-order valence-electron chi connectivity index (χ2n) is 2.84. The molecule has 1 aromatic carbocycles. The molecule has 16 heavy (non-hydrogen) atoms. The van der Waals surface area contributed by atoms with Crippen molar-refractivity contribution in [3.8, 4) is 0 Å². The van der Waals surface area contributed by atoms with E-state index in [0.29, 0.717) is 10.0 Å². The number of halogens is 1. The van der Waals surface area contributed by atoms with Crippen LogP contribution in [0.5, 0.6) is 0 Å². The van der Waals surface area contributed by atoms with Gasteiger partial charge in [0.25, 0.3) is 0 Å².